The minimum absolute atomic E-state index is 0.107. The largest absolute Gasteiger partial charge is 0.338 e. The van der Waals surface area contributed by atoms with Gasteiger partial charge in [-0.25, -0.2) is 28.3 Å². The summed E-state index contributed by atoms with van der Waals surface area (Å²) in [4.78, 5) is 34.4. The van der Waals surface area contributed by atoms with Crippen molar-refractivity contribution in [1.29, 1.82) is 0 Å². The highest BCUT2D eigenvalue weighted by Crippen LogP contribution is 2.23. The molecule has 3 aromatic rings. The number of benzene rings is 1. The second-order valence-electron chi connectivity index (χ2n) is 5.68. The molecule has 7 nitrogen and oxygen atoms in total. The van der Waals surface area contributed by atoms with E-state index < -0.39 is 18.1 Å². The lowest BCUT2D eigenvalue weighted by atomic mass is 10.1. The normalized spacial score (nSPS) is 11.3. The average molecular weight is 347 g/mol. The lowest BCUT2D eigenvalue weighted by Crippen LogP contribution is -2.35. The van der Waals surface area contributed by atoms with Crippen molar-refractivity contribution in [2.45, 2.75) is 6.43 Å². The molecule has 0 fully saturated rings. The van der Waals surface area contributed by atoms with Gasteiger partial charge in [-0.2, -0.15) is 4.57 Å². The fraction of sp³-hybridized carbons (Fsp3) is 0.250. The molecule has 2 heterocycles. The van der Waals surface area contributed by atoms with Crippen LogP contribution in [0.25, 0.3) is 22.6 Å². The van der Waals surface area contributed by atoms with Gasteiger partial charge in [0.25, 0.3) is 6.43 Å². The fourth-order valence-corrected chi connectivity index (χ4v) is 2.40. The van der Waals surface area contributed by atoms with Crippen LogP contribution >= 0.6 is 0 Å². The van der Waals surface area contributed by atoms with Gasteiger partial charge in [-0.1, -0.05) is 24.3 Å². The van der Waals surface area contributed by atoms with Crippen molar-refractivity contribution in [1.82, 2.24) is 24.0 Å². The Morgan fingerprint density at radius 2 is 1.84 bits per heavy atom. The average Bonchev–Trinajstić information content (AvgIpc) is 2.84. The van der Waals surface area contributed by atoms with E-state index in [2.05, 4.69) is 9.97 Å². The first-order valence-corrected chi connectivity index (χ1v) is 7.36. The summed E-state index contributed by atoms with van der Waals surface area (Å²) in [5.74, 6) is 0.235. The third-order valence-electron chi connectivity index (χ3n) is 3.80. The van der Waals surface area contributed by atoms with Crippen LogP contribution in [0.4, 0.5) is 13.6 Å². The zero-order chi connectivity index (χ0) is 18.3. The molecule has 0 saturated heterocycles. The third kappa shape index (κ3) is 2.77. The molecule has 0 saturated carbocycles. The highest BCUT2D eigenvalue weighted by Gasteiger charge is 2.20. The molecular formula is C16H15F2N5O2. The van der Waals surface area contributed by atoms with Crippen LogP contribution in [0, 0.1) is 0 Å². The minimum atomic E-state index is -2.56. The van der Waals surface area contributed by atoms with E-state index in [-0.39, 0.29) is 17.0 Å². The summed E-state index contributed by atoms with van der Waals surface area (Å²) in [6, 6.07) is 4.99. The number of imidazole rings is 1. The zero-order valence-electron chi connectivity index (χ0n) is 13.8. The fourth-order valence-electron chi connectivity index (χ4n) is 2.40. The molecule has 9 heteroatoms. The van der Waals surface area contributed by atoms with Gasteiger partial charge in [0.05, 0.1) is 6.20 Å². The van der Waals surface area contributed by atoms with Crippen LogP contribution < -0.4 is 5.69 Å². The van der Waals surface area contributed by atoms with Gasteiger partial charge in [0.1, 0.15) is 5.52 Å². The molecule has 1 amide bonds. The number of aromatic nitrogens is 4. The lowest BCUT2D eigenvalue weighted by Gasteiger charge is -2.10. The van der Waals surface area contributed by atoms with Crippen LogP contribution in [0.1, 0.15) is 12.0 Å². The number of aryl methyl sites for hydroxylation is 1. The number of halogens is 2. The summed E-state index contributed by atoms with van der Waals surface area (Å²) in [5, 5.41) is 0. The Morgan fingerprint density at radius 1 is 1.20 bits per heavy atom. The Bertz CT molecular complexity index is 1010. The molecule has 25 heavy (non-hydrogen) atoms. The SMILES string of the molecule is CN(C)C(=O)n1c(=O)n(C)c2cnc(-c3ccc(C(F)F)cc3)nc21. The van der Waals surface area contributed by atoms with Gasteiger partial charge in [0.15, 0.2) is 11.5 Å². The van der Waals surface area contributed by atoms with Crippen molar-refractivity contribution in [3.63, 3.8) is 0 Å². The Morgan fingerprint density at radius 3 is 2.40 bits per heavy atom. The maximum Gasteiger partial charge on any atom is 0.338 e. The second kappa shape index (κ2) is 6.08. The van der Waals surface area contributed by atoms with Crippen LogP contribution in [0.15, 0.2) is 35.3 Å². The van der Waals surface area contributed by atoms with Crippen LogP contribution in [-0.4, -0.2) is 44.1 Å². The molecule has 0 atom stereocenters. The van der Waals surface area contributed by atoms with E-state index >= 15 is 0 Å². The maximum absolute atomic E-state index is 12.7. The van der Waals surface area contributed by atoms with Crippen LogP contribution in [0.2, 0.25) is 0 Å². The predicted octanol–water partition coefficient (Wildman–Crippen LogP) is 2.26. The smallest absolute Gasteiger partial charge is 0.330 e. The number of fused-ring (bicyclic) bond motifs is 1. The first kappa shape index (κ1) is 16.7. The van der Waals surface area contributed by atoms with E-state index in [1.165, 1.54) is 61.1 Å². The van der Waals surface area contributed by atoms with Crippen molar-refractivity contribution < 1.29 is 13.6 Å². The van der Waals surface area contributed by atoms with Gasteiger partial charge in [-0.3, -0.25) is 4.57 Å². The van der Waals surface area contributed by atoms with E-state index in [1.54, 1.807) is 0 Å². The summed E-state index contributed by atoms with van der Waals surface area (Å²) in [6.45, 7) is 0. The summed E-state index contributed by atoms with van der Waals surface area (Å²) < 4.78 is 27.6. The maximum atomic E-state index is 12.7. The molecule has 3 rings (SSSR count). The van der Waals surface area contributed by atoms with E-state index in [0.717, 1.165) is 4.57 Å². The molecule has 0 unspecified atom stereocenters. The number of hydrogen-bond donors (Lipinski definition) is 0. The molecule has 0 aliphatic rings. The van der Waals surface area contributed by atoms with Gasteiger partial charge >= 0.3 is 11.7 Å². The molecule has 130 valence electrons. The molecule has 0 spiro atoms. The zero-order valence-corrected chi connectivity index (χ0v) is 13.8. The lowest BCUT2D eigenvalue weighted by molar-refractivity contribution is 0.151. The van der Waals surface area contributed by atoms with E-state index in [4.69, 9.17) is 0 Å². The van der Waals surface area contributed by atoms with Crippen LogP contribution in [-0.2, 0) is 7.05 Å². The van der Waals surface area contributed by atoms with Gasteiger partial charge in [-0.05, 0) is 0 Å². The number of carbonyl (C=O) groups excluding carboxylic acids is 1. The highest BCUT2D eigenvalue weighted by atomic mass is 19.3. The summed E-state index contributed by atoms with van der Waals surface area (Å²) in [5.41, 5.74) is 0.422. The van der Waals surface area contributed by atoms with E-state index in [9.17, 15) is 18.4 Å². The second-order valence-corrected chi connectivity index (χ2v) is 5.68. The van der Waals surface area contributed by atoms with E-state index in [1.807, 2.05) is 0 Å². The third-order valence-corrected chi connectivity index (χ3v) is 3.80. The summed E-state index contributed by atoms with van der Waals surface area (Å²) in [6.07, 6.45) is -1.13. The van der Waals surface area contributed by atoms with Crippen LogP contribution in [0.3, 0.4) is 0 Å². The minimum Gasteiger partial charge on any atom is -0.330 e. The highest BCUT2D eigenvalue weighted by molar-refractivity contribution is 5.87. The Labute approximate surface area is 141 Å². The quantitative estimate of drug-likeness (QED) is 0.713. The topological polar surface area (TPSA) is 73.0 Å². The first-order valence-electron chi connectivity index (χ1n) is 7.36. The molecule has 2 aromatic heterocycles. The van der Waals surface area contributed by atoms with Gasteiger partial charge < -0.3 is 4.90 Å². The summed E-state index contributed by atoms with van der Waals surface area (Å²) >= 11 is 0. The Balaban J connectivity index is 2.18. The number of nitrogens with zero attached hydrogens (tertiary/aromatic N) is 5. The van der Waals surface area contributed by atoms with Gasteiger partial charge in [0, 0.05) is 32.3 Å². The predicted molar refractivity (Wildman–Crippen MR) is 87.6 cm³/mol. The van der Waals surface area contributed by atoms with Crippen molar-refractivity contribution in [2.24, 2.45) is 7.05 Å². The number of alkyl halides is 2. The Hall–Kier alpha value is -3.10. The first-order chi connectivity index (χ1) is 11.8. The van der Waals surface area contributed by atoms with Gasteiger partial charge in [0.2, 0.25) is 0 Å². The monoisotopic (exact) mass is 347 g/mol. The molecule has 0 aliphatic carbocycles. The molecular weight excluding hydrogens is 332 g/mol. The Kier molecular flexibility index (Phi) is 4.07. The summed E-state index contributed by atoms with van der Waals surface area (Å²) in [7, 11) is 4.57. The van der Waals surface area contributed by atoms with Gasteiger partial charge in [-0.15, -0.1) is 0 Å². The van der Waals surface area contributed by atoms with Crippen LogP contribution in [0.5, 0.6) is 0 Å². The number of rotatable bonds is 2. The standard InChI is InChI=1S/C16H15F2N5O2/c1-21(2)15(24)23-14-11(22(3)16(23)25)8-19-13(20-14)10-6-4-9(5-7-10)12(17)18/h4-8,12H,1-3H3. The van der Waals surface area contributed by atoms with Crippen molar-refractivity contribution in [3.05, 3.63) is 46.5 Å². The molecule has 0 aliphatic heterocycles. The molecule has 0 bridgehead atoms. The molecule has 1 aromatic carbocycles. The molecule has 0 N–H and O–H groups in total. The van der Waals surface area contributed by atoms with E-state index in [0.29, 0.717) is 11.1 Å². The van der Waals surface area contributed by atoms with Crippen molar-refractivity contribution >= 4 is 17.2 Å². The number of amides is 1. The van der Waals surface area contributed by atoms with Crippen molar-refractivity contribution in [2.75, 3.05) is 14.1 Å². The molecule has 0 radical (unpaired) electrons. The van der Waals surface area contributed by atoms with Crippen molar-refractivity contribution in [3.8, 4) is 11.4 Å². The number of carbonyl (C=O) groups is 1. The number of hydrogen-bond acceptors (Lipinski definition) is 4.